The molecule has 1 heterocycles. The minimum absolute atomic E-state index is 0.0107. The molecule has 0 aliphatic heterocycles. The average molecular weight is 456 g/mol. The number of hydrogen-bond donors (Lipinski definition) is 1. The molecule has 32 heavy (non-hydrogen) atoms. The number of rotatable bonds is 8. The summed E-state index contributed by atoms with van der Waals surface area (Å²) >= 11 is 1.19. The zero-order valence-electron chi connectivity index (χ0n) is 17.5. The van der Waals surface area contributed by atoms with Crippen LogP contribution in [0, 0.1) is 10.1 Å². The number of nitro benzene ring substituents is 1. The molecular formula is C22H20N2O7S. The number of non-ortho nitro benzene ring substituents is 1. The molecule has 2 aromatic carbocycles. The van der Waals surface area contributed by atoms with Crippen molar-refractivity contribution in [2.75, 3.05) is 19.5 Å². The van der Waals surface area contributed by atoms with Gasteiger partial charge >= 0.3 is 5.97 Å². The molecule has 3 rings (SSSR count). The Bertz CT molecular complexity index is 1160. The van der Waals surface area contributed by atoms with Gasteiger partial charge in [-0.25, -0.2) is 4.79 Å². The van der Waals surface area contributed by atoms with E-state index in [-0.39, 0.29) is 23.1 Å². The molecule has 1 aromatic heterocycles. The Labute approximate surface area is 187 Å². The number of anilines is 1. The molecule has 0 unspecified atom stereocenters. The summed E-state index contributed by atoms with van der Waals surface area (Å²) in [6.45, 7) is 1.56. The first-order chi connectivity index (χ1) is 15.3. The Balaban J connectivity index is 1.83. The fourth-order valence-corrected chi connectivity index (χ4v) is 3.90. The molecule has 0 atom stereocenters. The van der Waals surface area contributed by atoms with Gasteiger partial charge in [0.1, 0.15) is 11.5 Å². The van der Waals surface area contributed by atoms with E-state index in [1.54, 1.807) is 36.4 Å². The maximum Gasteiger partial charge on any atom is 0.350 e. The van der Waals surface area contributed by atoms with Crippen LogP contribution in [0.15, 0.2) is 48.5 Å². The van der Waals surface area contributed by atoms with E-state index in [1.807, 2.05) is 0 Å². The van der Waals surface area contributed by atoms with E-state index in [9.17, 15) is 19.7 Å². The average Bonchev–Trinajstić information content (AvgIpc) is 3.20. The Morgan fingerprint density at radius 3 is 2.38 bits per heavy atom. The predicted molar refractivity (Wildman–Crippen MR) is 119 cm³/mol. The molecule has 3 aromatic rings. The summed E-state index contributed by atoms with van der Waals surface area (Å²) in [6, 6.07) is 13.1. The van der Waals surface area contributed by atoms with Crippen LogP contribution in [0.2, 0.25) is 0 Å². The standard InChI is InChI=1S/C22H20N2O7S/c1-13(25)23-17-11-20(32-21(17)22(26)30-3)15-6-9-18(19(10-15)29-2)31-12-14-4-7-16(8-5-14)24(27)28/h4-11H,12H2,1-3H3,(H,23,25). The molecule has 0 bridgehead atoms. The number of nitrogens with zero attached hydrogens (tertiary/aromatic N) is 1. The normalized spacial score (nSPS) is 10.3. The highest BCUT2D eigenvalue weighted by atomic mass is 32.1. The van der Waals surface area contributed by atoms with Gasteiger partial charge in [0.05, 0.1) is 24.8 Å². The molecular weight excluding hydrogens is 436 g/mol. The van der Waals surface area contributed by atoms with Gasteiger partial charge in [-0.15, -0.1) is 11.3 Å². The SMILES string of the molecule is COC(=O)c1sc(-c2ccc(OCc3ccc([N+](=O)[O-])cc3)c(OC)c2)cc1NC(C)=O. The van der Waals surface area contributed by atoms with Crippen LogP contribution in [-0.4, -0.2) is 31.0 Å². The predicted octanol–water partition coefficient (Wildman–Crippen LogP) is 4.66. The number of hydrogen-bond acceptors (Lipinski definition) is 8. The van der Waals surface area contributed by atoms with E-state index < -0.39 is 10.9 Å². The Morgan fingerprint density at radius 1 is 1.06 bits per heavy atom. The fraction of sp³-hybridized carbons (Fsp3) is 0.182. The lowest BCUT2D eigenvalue weighted by atomic mass is 10.1. The van der Waals surface area contributed by atoms with Crippen molar-refractivity contribution in [1.29, 1.82) is 0 Å². The van der Waals surface area contributed by atoms with E-state index >= 15 is 0 Å². The summed E-state index contributed by atoms with van der Waals surface area (Å²) in [7, 11) is 2.79. The van der Waals surface area contributed by atoms with Crippen molar-refractivity contribution in [3.05, 3.63) is 69.1 Å². The van der Waals surface area contributed by atoms with Crippen LogP contribution in [0.1, 0.15) is 22.2 Å². The minimum Gasteiger partial charge on any atom is -0.493 e. The second-order valence-corrected chi connectivity index (χ2v) is 7.66. The number of thiophene rings is 1. The van der Waals surface area contributed by atoms with Crippen molar-refractivity contribution < 1.29 is 28.7 Å². The maximum absolute atomic E-state index is 12.1. The first-order valence-electron chi connectivity index (χ1n) is 9.36. The number of esters is 1. The Morgan fingerprint density at radius 2 is 1.78 bits per heavy atom. The van der Waals surface area contributed by atoms with Crippen molar-refractivity contribution in [3.8, 4) is 21.9 Å². The topological polar surface area (TPSA) is 117 Å². The number of carbonyl (C=O) groups excluding carboxylic acids is 2. The van der Waals surface area contributed by atoms with Crippen molar-refractivity contribution >= 4 is 34.6 Å². The molecule has 9 nitrogen and oxygen atoms in total. The molecule has 0 aliphatic rings. The van der Waals surface area contributed by atoms with Gasteiger partial charge in [0.25, 0.3) is 5.69 Å². The summed E-state index contributed by atoms with van der Waals surface area (Å²) in [5.74, 6) is 0.118. The quantitative estimate of drug-likeness (QED) is 0.298. The van der Waals surface area contributed by atoms with Crippen LogP contribution in [0.4, 0.5) is 11.4 Å². The molecule has 0 aliphatic carbocycles. The number of nitrogens with one attached hydrogen (secondary N) is 1. The zero-order chi connectivity index (χ0) is 23.3. The Hall–Kier alpha value is -3.92. The molecule has 1 N–H and O–H groups in total. The summed E-state index contributed by atoms with van der Waals surface area (Å²) in [6.07, 6.45) is 0. The van der Waals surface area contributed by atoms with Gasteiger partial charge in [0, 0.05) is 23.9 Å². The lowest BCUT2D eigenvalue weighted by Crippen LogP contribution is -2.09. The highest BCUT2D eigenvalue weighted by molar-refractivity contribution is 7.18. The summed E-state index contributed by atoms with van der Waals surface area (Å²) < 4.78 is 16.1. The summed E-state index contributed by atoms with van der Waals surface area (Å²) in [5, 5.41) is 13.4. The van der Waals surface area contributed by atoms with Gasteiger partial charge < -0.3 is 19.5 Å². The van der Waals surface area contributed by atoms with Crippen molar-refractivity contribution in [3.63, 3.8) is 0 Å². The third-order valence-corrected chi connectivity index (χ3v) is 5.57. The number of amides is 1. The van der Waals surface area contributed by atoms with Gasteiger partial charge in [-0.3, -0.25) is 14.9 Å². The van der Waals surface area contributed by atoms with Crippen molar-refractivity contribution in [1.82, 2.24) is 0 Å². The van der Waals surface area contributed by atoms with Crippen LogP contribution in [0.5, 0.6) is 11.5 Å². The number of carbonyl (C=O) groups is 2. The van der Waals surface area contributed by atoms with E-state index in [1.165, 1.54) is 44.6 Å². The van der Waals surface area contributed by atoms with E-state index in [4.69, 9.17) is 14.2 Å². The molecule has 166 valence electrons. The first kappa shape index (κ1) is 22.8. The monoisotopic (exact) mass is 456 g/mol. The van der Waals surface area contributed by atoms with Gasteiger partial charge in [-0.05, 0) is 47.5 Å². The molecule has 1 amide bonds. The van der Waals surface area contributed by atoms with Crippen molar-refractivity contribution in [2.24, 2.45) is 0 Å². The van der Waals surface area contributed by atoms with Crippen LogP contribution >= 0.6 is 11.3 Å². The van der Waals surface area contributed by atoms with E-state index in [2.05, 4.69) is 5.32 Å². The van der Waals surface area contributed by atoms with E-state index in [0.717, 1.165) is 16.0 Å². The zero-order valence-corrected chi connectivity index (χ0v) is 18.4. The fourth-order valence-electron chi connectivity index (χ4n) is 2.88. The lowest BCUT2D eigenvalue weighted by Gasteiger charge is -2.12. The van der Waals surface area contributed by atoms with Crippen LogP contribution < -0.4 is 14.8 Å². The molecule has 0 spiro atoms. The van der Waals surface area contributed by atoms with E-state index in [0.29, 0.717) is 17.2 Å². The van der Waals surface area contributed by atoms with Crippen LogP contribution in [0.25, 0.3) is 10.4 Å². The maximum atomic E-state index is 12.1. The second-order valence-electron chi connectivity index (χ2n) is 6.60. The number of ether oxygens (including phenoxy) is 3. The van der Waals surface area contributed by atoms with Crippen LogP contribution in [-0.2, 0) is 16.1 Å². The lowest BCUT2D eigenvalue weighted by molar-refractivity contribution is -0.384. The third kappa shape index (κ3) is 5.22. The smallest absolute Gasteiger partial charge is 0.350 e. The molecule has 0 radical (unpaired) electrons. The first-order valence-corrected chi connectivity index (χ1v) is 10.2. The highest BCUT2D eigenvalue weighted by Gasteiger charge is 2.19. The second kappa shape index (κ2) is 9.92. The summed E-state index contributed by atoms with van der Waals surface area (Å²) in [4.78, 5) is 34.9. The van der Waals surface area contributed by atoms with Gasteiger partial charge in [-0.1, -0.05) is 0 Å². The van der Waals surface area contributed by atoms with Crippen molar-refractivity contribution in [2.45, 2.75) is 13.5 Å². The molecule has 0 fully saturated rings. The number of benzene rings is 2. The summed E-state index contributed by atoms with van der Waals surface area (Å²) in [5.41, 5.74) is 1.91. The number of methoxy groups -OCH3 is 2. The van der Waals surface area contributed by atoms with Gasteiger partial charge in [0.15, 0.2) is 11.5 Å². The molecule has 0 saturated carbocycles. The number of nitro groups is 1. The highest BCUT2D eigenvalue weighted by Crippen LogP contribution is 2.39. The van der Waals surface area contributed by atoms with Gasteiger partial charge in [-0.2, -0.15) is 0 Å². The largest absolute Gasteiger partial charge is 0.493 e. The van der Waals surface area contributed by atoms with Gasteiger partial charge in [0.2, 0.25) is 5.91 Å². The molecule has 0 saturated heterocycles. The third-order valence-electron chi connectivity index (χ3n) is 4.40. The van der Waals surface area contributed by atoms with Crippen LogP contribution in [0.3, 0.4) is 0 Å². The molecule has 10 heteroatoms. The Kier molecular flexibility index (Phi) is 7.06. The minimum atomic E-state index is -0.542.